The highest BCUT2D eigenvalue weighted by Crippen LogP contribution is 2.38. The Labute approximate surface area is 160 Å². The predicted octanol–water partition coefficient (Wildman–Crippen LogP) is 2.91. The van der Waals surface area contributed by atoms with Crippen LogP contribution in [0.15, 0.2) is 36.4 Å². The first-order valence-electron chi connectivity index (χ1n) is 8.24. The van der Waals surface area contributed by atoms with E-state index in [9.17, 15) is 14.0 Å². The summed E-state index contributed by atoms with van der Waals surface area (Å²) in [6.45, 7) is 0.379. The summed E-state index contributed by atoms with van der Waals surface area (Å²) >= 11 is 6.18. The van der Waals surface area contributed by atoms with E-state index in [1.807, 2.05) is 0 Å². The number of rotatable bonds is 6. The van der Waals surface area contributed by atoms with Crippen LogP contribution in [-0.2, 0) is 22.6 Å². The van der Waals surface area contributed by atoms with Gasteiger partial charge < -0.3 is 19.5 Å². The highest BCUT2D eigenvalue weighted by molar-refractivity contribution is 6.32. The normalized spacial score (nSPS) is 12.5. The van der Waals surface area contributed by atoms with Crippen LogP contribution < -0.4 is 9.47 Å². The van der Waals surface area contributed by atoms with Crippen LogP contribution in [0.25, 0.3) is 0 Å². The predicted molar refractivity (Wildman–Crippen MR) is 95.6 cm³/mol. The van der Waals surface area contributed by atoms with Crippen molar-refractivity contribution in [2.75, 3.05) is 19.8 Å². The lowest BCUT2D eigenvalue weighted by atomic mass is 10.1. The van der Waals surface area contributed by atoms with Crippen molar-refractivity contribution in [3.63, 3.8) is 0 Å². The van der Waals surface area contributed by atoms with Gasteiger partial charge in [-0.15, -0.1) is 0 Å². The first-order valence-corrected chi connectivity index (χ1v) is 8.62. The number of carbonyl (C=O) groups is 2. The van der Waals surface area contributed by atoms with Crippen molar-refractivity contribution in [1.29, 1.82) is 0 Å². The summed E-state index contributed by atoms with van der Waals surface area (Å²) in [6, 6.07) is 8.81. The van der Waals surface area contributed by atoms with Crippen LogP contribution in [0, 0.1) is 5.82 Å². The van der Waals surface area contributed by atoms with Crippen molar-refractivity contribution >= 4 is 23.5 Å². The summed E-state index contributed by atoms with van der Waals surface area (Å²) < 4.78 is 24.0. The SMILES string of the molecule is O=C(O)CN(Cc1ccc(F)cc1)C(=O)Cc1cc(Cl)c2c(c1)OCCO2. The molecule has 1 heterocycles. The summed E-state index contributed by atoms with van der Waals surface area (Å²) in [4.78, 5) is 25.0. The number of carbonyl (C=O) groups excluding carboxylic acids is 1. The van der Waals surface area contributed by atoms with Gasteiger partial charge in [0.25, 0.3) is 0 Å². The van der Waals surface area contributed by atoms with E-state index < -0.39 is 24.2 Å². The van der Waals surface area contributed by atoms with Crippen molar-refractivity contribution in [3.05, 3.63) is 58.4 Å². The van der Waals surface area contributed by atoms with E-state index in [4.69, 9.17) is 26.2 Å². The van der Waals surface area contributed by atoms with E-state index in [1.54, 1.807) is 12.1 Å². The van der Waals surface area contributed by atoms with Crippen molar-refractivity contribution in [2.45, 2.75) is 13.0 Å². The number of hydrogen-bond acceptors (Lipinski definition) is 4. The molecule has 1 amide bonds. The molecule has 142 valence electrons. The molecule has 27 heavy (non-hydrogen) atoms. The van der Waals surface area contributed by atoms with Gasteiger partial charge in [-0.05, 0) is 35.4 Å². The molecule has 0 unspecified atom stereocenters. The number of ether oxygens (including phenoxy) is 2. The Kier molecular flexibility index (Phi) is 5.81. The summed E-state index contributed by atoms with van der Waals surface area (Å²) in [5, 5.41) is 9.44. The maximum absolute atomic E-state index is 13.0. The highest BCUT2D eigenvalue weighted by atomic mass is 35.5. The Morgan fingerprint density at radius 1 is 1.11 bits per heavy atom. The molecule has 0 spiro atoms. The lowest BCUT2D eigenvalue weighted by molar-refractivity contribution is -0.144. The first-order chi connectivity index (χ1) is 12.9. The molecule has 6 nitrogen and oxygen atoms in total. The minimum atomic E-state index is -1.13. The Morgan fingerprint density at radius 2 is 1.81 bits per heavy atom. The molecule has 2 aromatic carbocycles. The van der Waals surface area contributed by atoms with Gasteiger partial charge in [0.15, 0.2) is 11.5 Å². The highest BCUT2D eigenvalue weighted by Gasteiger charge is 2.21. The van der Waals surface area contributed by atoms with Crippen molar-refractivity contribution in [3.8, 4) is 11.5 Å². The van der Waals surface area contributed by atoms with Gasteiger partial charge in [0.2, 0.25) is 5.91 Å². The van der Waals surface area contributed by atoms with Gasteiger partial charge >= 0.3 is 5.97 Å². The van der Waals surface area contributed by atoms with E-state index in [2.05, 4.69) is 0 Å². The van der Waals surface area contributed by atoms with Crippen LogP contribution in [0.4, 0.5) is 4.39 Å². The van der Waals surface area contributed by atoms with Crippen LogP contribution in [0.5, 0.6) is 11.5 Å². The van der Waals surface area contributed by atoms with Crippen LogP contribution in [0.3, 0.4) is 0 Å². The van der Waals surface area contributed by atoms with E-state index in [0.717, 1.165) is 0 Å². The molecule has 0 bridgehead atoms. The topological polar surface area (TPSA) is 76.1 Å². The average molecular weight is 394 g/mol. The van der Waals surface area contributed by atoms with Gasteiger partial charge in [-0.1, -0.05) is 23.7 Å². The number of nitrogens with zero attached hydrogens (tertiary/aromatic N) is 1. The molecule has 8 heteroatoms. The number of carboxylic acids is 1. The second-order valence-corrected chi connectivity index (χ2v) is 6.46. The minimum absolute atomic E-state index is 0.0508. The maximum atomic E-state index is 13.0. The molecule has 2 aromatic rings. The zero-order chi connectivity index (χ0) is 19.4. The zero-order valence-electron chi connectivity index (χ0n) is 14.3. The number of halogens is 2. The summed E-state index contributed by atoms with van der Waals surface area (Å²) in [5.41, 5.74) is 1.22. The molecule has 0 saturated carbocycles. The molecule has 1 aliphatic heterocycles. The Hall–Kier alpha value is -2.80. The standard InChI is InChI=1S/C19H17ClFNO5/c20-15-7-13(8-16-19(15)27-6-5-26-16)9-17(23)22(11-18(24)25)10-12-1-3-14(21)4-2-12/h1-4,7-8H,5-6,9-11H2,(H,24,25). The smallest absolute Gasteiger partial charge is 0.323 e. The lowest BCUT2D eigenvalue weighted by Gasteiger charge is -2.23. The van der Waals surface area contributed by atoms with Crippen LogP contribution >= 0.6 is 11.6 Å². The van der Waals surface area contributed by atoms with E-state index >= 15 is 0 Å². The molecule has 1 aliphatic rings. The largest absolute Gasteiger partial charge is 0.486 e. The number of aliphatic carboxylic acids is 1. The molecule has 1 N–H and O–H groups in total. The summed E-state index contributed by atoms with van der Waals surface area (Å²) in [7, 11) is 0. The number of carboxylic acid groups (broad SMARTS) is 1. The molecule has 0 saturated heterocycles. The quantitative estimate of drug-likeness (QED) is 0.816. The van der Waals surface area contributed by atoms with Gasteiger partial charge in [-0.25, -0.2) is 4.39 Å². The molecule has 0 aromatic heterocycles. The van der Waals surface area contributed by atoms with Crippen LogP contribution in [0.2, 0.25) is 5.02 Å². The van der Waals surface area contributed by atoms with Crippen LogP contribution in [-0.4, -0.2) is 41.6 Å². The van der Waals surface area contributed by atoms with Crippen molar-refractivity contribution < 1.29 is 28.6 Å². The molecule has 0 atom stereocenters. The fourth-order valence-corrected chi connectivity index (χ4v) is 3.05. The molecular formula is C19H17ClFNO5. The van der Waals surface area contributed by atoms with Gasteiger partial charge in [0, 0.05) is 6.54 Å². The van der Waals surface area contributed by atoms with E-state index in [1.165, 1.54) is 29.2 Å². The average Bonchev–Trinajstić information content (AvgIpc) is 2.62. The Balaban J connectivity index is 1.76. The van der Waals surface area contributed by atoms with Gasteiger partial charge in [-0.3, -0.25) is 9.59 Å². The van der Waals surface area contributed by atoms with Crippen molar-refractivity contribution in [1.82, 2.24) is 4.90 Å². The number of fused-ring (bicyclic) bond motifs is 1. The zero-order valence-corrected chi connectivity index (χ0v) is 15.0. The number of benzene rings is 2. The first kappa shape index (κ1) is 19.0. The third-order valence-electron chi connectivity index (χ3n) is 3.98. The van der Waals surface area contributed by atoms with E-state index in [-0.39, 0.29) is 13.0 Å². The molecular weight excluding hydrogens is 377 g/mol. The second kappa shape index (κ2) is 8.26. The molecule has 3 rings (SSSR count). The third-order valence-corrected chi connectivity index (χ3v) is 4.26. The monoisotopic (exact) mass is 393 g/mol. The minimum Gasteiger partial charge on any atom is -0.486 e. The molecule has 0 fully saturated rings. The lowest BCUT2D eigenvalue weighted by Crippen LogP contribution is -2.36. The van der Waals surface area contributed by atoms with Gasteiger partial charge in [-0.2, -0.15) is 0 Å². The number of hydrogen-bond donors (Lipinski definition) is 1. The van der Waals surface area contributed by atoms with E-state index in [0.29, 0.717) is 40.9 Å². The fraction of sp³-hybridized carbons (Fsp3) is 0.263. The third kappa shape index (κ3) is 4.89. The fourth-order valence-electron chi connectivity index (χ4n) is 2.76. The van der Waals surface area contributed by atoms with Crippen molar-refractivity contribution in [2.24, 2.45) is 0 Å². The maximum Gasteiger partial charge on any atom is 0.323 e. The Morgan fingerprint density at radius 3 is 2.52 bits per heavy atom. The summed E-state index contributed by atoms with van der Waals surface area (Å²) in [6.07, 6.45) is -0.0508. The Bertz CT molecular complexity index is 856. The molecule has 0 radical (unpaired) electrons. The second-order valence-electron chi connectivity index (χ2n) is 6.05. The van der Waals surface area contributed by atoms with Gasteiger partial charge in [0.05, 0.1) is 11.4 Å². The molecule has 0 aliphatic carbocycles. The van der Waals surface area contributed by atoms with Crippen LogP contribution in [0.1, 0.15) is 11.1 Å². The van der Waals surface area contributed by atoms with Gasteiger partial charge in [0.1, 0.15) is 25.6 Å². The summed E-state index contributed by atoms with van der Waals surface area (Å²) in [5.74, 6) is -1.03. The number of amides is 1.